The Labute approximate surface area is 202 Å². The first kappa shape index (κ1) is 25.7. The molecule has 184 valence electrons. The first-order chi connectivity index (χ1) is 16.0. The molecule has 1 atom stereocenters. The van der Waals surface area contributed by atoms with E-state index < -0.39 is 0 Å². The Kier molecular flexibility index (Phi) is 8.31. The molecule has 1 saturated heterocycles. The number of benzene rings is 2. The van der Waals surface area contributed by atoms with Gasteiger partial charge in [0, 0.05) is 57.2 Å². The molecular formula is C27H36FN3O3. The molecule has 1 unspecified atom stereocenters. The molecule has 0 aromatic heterocycles. The lowest BCUT2D eigenvalue weighted by atomic mass is 9.91. The number of hydrogen-bond acceptors (Lipinski definition) is 4. The van der Waals surface area contributed by atoms with Crippen molar-refractivity contribution in [1.29, 1.82) is 0 Å². The number of hydrogen-bond donors (Lipinski definition) is 1. The third kappa shape index (κ3) is 7.29. The molecule has 0 saturated carbocycles. The second-order valence-electron chi connectivity index (χ2n) is 10.3. The van der Waals surface area contributed by atoms with E-state index in [0.29, 0.717) is 30.8 Å². The van der Waals surface area contributed by atoms with Crippen molar-refractivity contribution < 1.29 is 18.7 Å². The Morgan fingerprint density at radius 2 is 1.82 bits per heavy atom. The highest BCUT2D eigenvalue weighted by Crippen LogP contribution is 2.28. The van der Waals surface area contributed by atoms with Gasteiger partial charge in [0.05, 0.1) is 6.10 Å². The summed E-state index contributed by atoms with van der Waals surface area (Å²) in [4.78, 5) is 29.8. The van der Waals surface area contributed by atoms with Crippen molar-refractivity contribution in [3.63, 3.8) is 0 Å². The molecule has 7 heteroatoms. The van der Waals surface area contributed by atoms with Crippen molar-refractivity contribution in [2.75, 3.05) is 37.5 Å². The lowest BCUT2D eigenvalue weighted by Crippen LogP contribution is -2.38. The molecule has 1 N–H and O–H groups in total. The van der Waals surface area contributed by atoms with Crippen molar-refractivity contribution in [3.05, 3.63) is 59.4 Å². The Hall–Kier alpha value is -2.93. The molecular weight excluding hydrogens is 433 g/mol. The van der Waals surface area contributed by atoms with Gasteiger partial charge in [0.25, 0.3) is 5.91 Å². The molecule has 1 aliphatic rings. The quantitative estimate of drug-likeness (QED) is 0.585. The number of nitrogens with zero attached hydrogens (tertiary/aromatic N) is 2. The van der Waals surface area contributed by atoms with Gasteiger partial charge in [-0.2, -0.15) is 0 Å². The number of carbonyl (C=O) groups is 2. The number of ether oxygens (including phenoxy) is 1. The lowest BCUT2D eigenvalue weighted by molar-refractivity contribution is -0.135. The second-order valence-corrected chi connectivity index (χ2v) is 10.3. The van der Waals surface area contributed by atoms with Gasteiger partial charge in [0.1, 0.15) is 5.82 Å². The van der Waals surface area contributed by atoms with Crippen LogP contribution in [0.5, 0.6) is 0 Å². The maximum absolute atomic E-state index is 13.3. The predicted octanol–water partition coefficient (Wildman–Crippen LogP) is 5.09. The molecule has 0 spiro atoms. The Balaban J connectivity index is 1.85. The van der Waals surface area contributed by atoms with Crippen LogP contribution in [-0.2, 0) is 16.1 Å². The van der Waals surface area contributed by atoms with Gasteiger partial charge in [0.15, 0.2) is 0 Å². The number of nitrogens with one attached hydrogen (secondary N) is 1. The minimum atomic E-state index is -0.388. The van der Waals surface area contributed by atoms with E-state index in [1.54, 1.807) is 0 Å². The first-order valence-corrected chi connectivity index (χ1v) is 11.8. The standard InChI is InChI=1S/C27H36FN3O3/c1-27(2,3)16-25(32)31(18-23-7-6-14-34-23)17-20-15-22(12-13-24(20)30(4)5)29-26(33)19-8-10-21(28)11-9-19/h8-13,15,23H,6-7,14,16-18H2,1-5H3,(H,29,33). The van der Waals surface area contributed by atoms with Crippen LogP contribution in [0.4, 0.5) is 15.8 Å². The van der Waals surface area contributed by atoms with Crippen LogP contribution in [0.15, 0.2) is 42.5 Å². The third-order valence-electron chi connectivity index (χ3n) is 5.77. The van der Waals surface area contributed by atoms with E-state index >= 15 is 0 Å². The number of carbonyl (C=O) groups excluding carboxylic acids is 2. The molecule has 34 heavy (non-hydrogen) atoms. The molecule has 1 fully saturated rings. The molecule has 0 bridgehead atoms. The number of amides is 2. The fourth-order valence-electron chi connectivity index (χ4n) is 4.09. The van der Waals surface area contributed by atoms with E-state index in [2.05, 4.69) is 26.1 Å². The normalized spacial score (nSPS) is 15.8. The van der Waals surface area contributed by atoms with Gasteiger partial charge in [-0.25, -0.2) is 4.39 Å². The minimum Gasteiger partial charge on any atom is -0.377 e. The monoisotopic (exact) mass is 469 g/mol. The molecule has 3 rings (SSSR count). The van der Waals surface area contributed by atoms with Crippen LogP contribution in [0.25, 0.3) is 0 Å². The highest BCUT2D eigenvalue weighted by atomic mass is 19.1. The van der Waals surface area contributed by atoms with Crippen LogP contribution < -0.4 is 10.2 Å². The Morgan fingerprint density at radius 3 is 2.41 bits per heavy atom. The molecule has 0 aliphatic carbocycles. The Morgan fingerprint density at radius 1 is 1.12 bits per heavy atom. The summed E-state index contributed by atoms with van der Waals surface area (Å²) in [6, 6.07) is 11.1. The molecule has 6 nitrogen and oxygen atoms in total. The van der Waals surface area contributed by atoms with Gasteiger partial charge in [-0.1, -0.05) is 20.8 Å². The molecule has 1 aliphatic heterocycles. The molecule has 0 radical (unpaired) electrons. The molecule has 2 aromatic rings. The van der Waals surface area contributed by atoms with Crippen molar-refractivity contribution in [2.45, 2.75) is 52.7 Å². The maximum Gasteiger partial charge on any atom is 0.255 e. The Bertz CT molecular complexity index is 993. The first-order valence-electron chi connectivity index (χ1n) is 11.8. The SMILES string of the molecule is CN(C)c1ccc(NC(=O)c2ccc(F)cc2)cc1CN(CC1CCCO1)C(=O)CC(C)(C)C. The summed E-state index contributed by atoms with van der Waals surface area (Å²) in [6.45, 7) is 7.89. The van der Waals surface area contributed by atoms with Crippen LogP contribution >= 0.6 is 0 Å². The number of anilines is 2. The molecule has 1 heterocycles. The molecule has 2 aromatic carbocycles. The zero-order valence-corrected chi connectivity index (χ0v) is 20.9. The van der Waals surface area contributed by atoms with Gasteiger partial charge in [-0.15, -0.1) is 0 Å². The number of halogens is 1. The summed E-state index contributed by atoms with van der Waals surface area (Å²) >= 11 is 0. The van der Waals surface area contributed by atoms with Crippen molar-refractivity contribution in [2.24, 2.45) is 5.41 Å². The number of rotatable bonds is 8. The van der Waals surface area contributed by atoms with Crippen LogP contribution in [0.1, 0.15) is 56.0 Å². The van der Waals surface area contributed by atoms with Gasteiger partial charge in [-0.3, -0.25) is 9.59 Å². The second kappa shape index (κ2) is 11.0. The highest BCUT2D eigenvalue weighted by molar-refractivity contribution is 6.04. The van der Waals surface area contributed by atoms with E-state index in [0.717, 1.165) is 30.7 Å². The van der Waals surface area contributed by atoms with Crippen molar-refractivity contribution >= 4 is 23.2 Å². The summed E-state index contributed by atoms with van der Waals surface area (Å²) in [5.41, 5.74) is 2.78. The maximum atomic E-state index is 13.3. The highest BCUT2D eigenvalue weighted by Gasteiger charge is 2.26. The van der Waals surface area contributed by atoms with Crippen molar-refractivity contribution in [1.82, 2.24) is 4.90 Å². The van der Waals surface area contributed by atoms with E-state index in [1.807, 2.05) is 42.1 Å². The van der Waals surface area contributed by atoms with E-state index in [-0.39, 0.29) is 29.2 Å². The average molecular weight is 470 g/mol. The van der Waals surface area contributed by atoms with E-state index in [1.165, 1.54) is 24.3 Å². The van der Waals surface area contributed by atoms with Gasteiger partial charge >= 0.3 is 0 Å². The van der Waals surface area contributed by atoms with Crippen LogP contribution in [0.2, 0.25) is 0 Å². The zero-order chi connectivity index (χ0) is 24.9. The predicted molar refractivity (Wildman–Crippen MR) is 134 cm³/mol. The van der Waals surface area contributed by atoms with E-state index in [9.17, 15) is 14.0 Å². The lowest BCUT2D eigenvalue weighted by Gasteiger charge is -2.30. The third-order valence-corrected chi connectivity index (χ3v) is 5.77. The van der Waals surface area contributed by atoms with Crippen LogP contribution in [0.3, 0.4) is 0 Å². The van der Waals surface area contributed by atoms with Crippen LogP contribution in [-0.4, -0.2) is 50.1 Å². The fraction of sp³-hybridized carbons (Fsp3) is 0.481. The smallest absolute Gasteiger partial charge is 0.255 e. The minimum absolute atomic E-state index is 0.0492. The summed E-state index contributed by atoms with van der Waals surface area (Å²) in [5.74, 6) is -0.613. The van der Waals surface area contributed by atoms with Crippen LogP contribution in [0, 0.1) is 11.2 Å². The summed E-state index contributed by atoms with van der Waals surface area (Å²) < 4.78 is 19.0. The summed E-state index contributed by atoms with van der Waals surface area (Å²) in [6.07, 6.45) is 2.46. The van der Waals surface area contributed by atoms with Gasteiger partial charge < -0.3 is 19.9 Å². The molecule has 2 amide bonds. The zero-order valence-electron chi connectivity index (χ0n) is 20.9. The topological polar surface area (TPSA) is 61.9 Å². The largest absolute Gasteiger partial charge is 0.377 e. The fourth-order valence-corrected chi connectivity index (χ4v) is 4.09. The average Bonchev–Trinajstić information content (AvgIpc) is 3.25. The van der Waals surface area contributed by atoms with E-state index in [4.69, 9.17) is 4.74 Å². The van der Waals surface area contributed by atoms with Crippen molar-refractivity contribution in [3.8, 4) is 0 Å². The van der Waals surface area contributed by atoms with Gasteiger partial charge in [-0.05, 0) is 66.3 Å². The summed E-state index contributed by atoms with van der Waals surface area (Å²) in [5, 5.41) is 2.89. The summed E-state index contributed by atoms with van der Waals surface area (Å²) in [7, 11) is 3.91. The van der Waals surface area contributed by atoms with Gasteiger partial charge in [0.2, 0.25) is 5.91 Å².